The van der Waals surface area contributed by atoms with Gasteiger partial charge in [-0.05, 0) is 24.3 Å². The molecule has 3 rings (SSSR count). The smallest absolute Gasteiger partial charge is 0.258 e. The standard InChI is InChI=1S/C17H15ClFN3O2/c18-13-2-1-3-14(19)15(13)17(24)22-10-8-21(9-11-22)16(23)12-4-6-20-7-5-12/h1-7H,8-11H2. The van der Waals surface area contributed by atoms with E-state index in [2.05, 4.69) is 4.98 Å². The number of nitrogens with zero attached hydrogens (tertiary/aromatic N) is 3. The molecule has 1 fully saturated rings. The third-order valence-electron chi connectivity index (χ3n) is 3.96. The van der Waals surface area contributed by atoms with Crippen molar-refractivity contribution in [3.8, 4) is 0 Å². The zero-order chi connectivity index (χ0) is 17.1. The lowest BCUT2D eigenvalue weighted by Crippen LogP contribution is -2.50. The van der Waals surface area contributed by atoms with Crippen LogP contribution in [0.15, 0.2) is 42.7 Å². The van der Waals surface area contributed by atoms with E-state index in [1.54, 1.807) is 29.4 Å². The topological polar surface area (TPSA) is 53.5 Å². The first-order valence-electron chi connectivity index (χ1n) is 7.50. The van der Waals surface area contributed by atoms with Gasteiger partial charge in [0.2, 0.25) is 0 Å². The Hall–Kier alpha value is -2.47. The van der Waals surface area contributed by atoms with Gasteiger partial charge in [0.25, 0.3) is 11.8 Å². The van der Waals surface area contributed by atoms with Gasteiger partial charge in [-0.3, -0.25) is 14.6 Å². The highest BCUT2D eigenvalue weighted by Crippen LogP contribution is 2.21. The van der Waals surface area contributed by atoms with Crippen molar-refractivity contribution in [3.05, 3.63) is 64.7 Å². The van der Waals surface area contributed by atoms with Crippen molar-refractivity contribution in [2.75, 3.05) is 26.2 Å². The van der Waals surface area contributed by atoms with Crippen LogP contribution in [-0.4, -0.2) is 52.8 Å². The van der Waals surface area contributed by atoms with E-state index in [-0.39, 0.29) is 16.5 Å². The molecule has 1 aromatic carbocycles. The fourth-order valence-electron chi connectivity index (χ4n) is 2.65. The van der Waals surface area contributed by atoms with Crippen molar-refractivity contribution in [3.63, 3.8) is 0 Å². The van der Waals surface area contributed by atoms with E-state index in [1.165, 1.54) is 23.1 Å². The number of hydrogen-bond acceptors (Lipinski definition) is 3. The van der Waals surface area contributed by atoms with Crippen LogP contribution in [0.4, 0.5) is 4.39 Å². The Labute approximate surface area is 143 Å². The second-order valence-corrected chi connectivity index (χ2v) is 5.82. The highest BCUT2D eigenvalue weighted by molar-refractivity contribution is 6.33. The predicted octanol–water partition coefficient (Wildman–Crippen LogP) is 2.47. The molecule has 2 aromatic rings. The second kappa shape index (κ2) is 6.97. The van der Waals surface area contributed by atoms with Crippen molar-refractivity contribution >= 4 is 23.4 Å². The summed E-state index contributed by atoms with van der Waals surface area (Å²) < 4.78 is 13.9. The highest BCUT2D eigenvalue weighted by Gasteiger charge is 2.27. The molecule has 0 unspecified atom stereocenters. The molecule has 0 radical (unpaired) electrons. The monoisotopic (exact) mass is 347 g/mol. The van der Waals surface area contributed by atoms with Gasteiger partial charge in [0, 0.05) is 44.1 Å². The summed E-state index contributed by atoms with van der Waals surface area (Å²) in [5.41, 5.74) is 0.440. The van der Waals surface area contributed by atoms with E-state index < -0.39 is 11.7 Å². The normalized spacial score (nSPS) is 14.6. The first-order valence-corrected chi connectivity index (χ1v) is 7.88. The Morgan fingerprint density at radius 1 is 0.958 bits per heavy atom. The van der Waals surface area contributed by atoms with Crippen molar-refractivity contribution in [1.29, 1.82) is 0 Å². The lowest BCUT2D eigenvalue weighted by atomic mass is 10.1. The van der Waals surface area contributed by atoms with Crippen molar-refractivity contribution in [2.45, 2.75) is 0 Å². The van der Waals surface area contributed by atoms with E-state index in [9.17, 15) is 14.0 Å². The van der Waals surface area contributed by atoms with Gasteiger partial charge in [-0.1, -0.05) is 17.7 Å². The average Bonchev–Trinajstić information content (AvgIpc) is 2.62. The second-order valence-electron chi connectivity index (χ2n) is 5.42. The number of carbonyl (C=O) groups excluding carboxylic acids is 2. The minimum Gasteiger partial charge on any atom is -0.335 e. The fourth-order valence-corrected chi connectivity index (χ4v) is 2.89. The third kappa shape index (κ3) is 3.23. The molecule has 2 heterocycles. The Morgan fingerprint density at radius 3 is 2.12 bits per heavy atom. The van der Waals surface area contributed by atoms with E-state index in [1.807, 2.05) is 0 Å². The highest BCUT2D eigenvalue weighted by atomic mass is 35.5. The summed E-state index contributed by atoms with van der Waals surface area (Å²) in [4.78, 5) is 31.9. The van der Waals surface area contributed by atoms with Gasteiger partial charge in [0.05, 0.1) is 10.6 Å². The van der Waals surface area contributed by atoms with Gasteiger partial charge < -0.3 is 9.80 Å². The molecular weight excluding hydrogens is 333 g/mol. The molecule has 7 heteroatoms. The fraction of sp³-hybridized carbons (Fsp3) is 0.235. The summed E-state index contributed by atoms with van der Waals surface area (Å²) in [6.45, 7) is 1.44. The van der Waals surface area contributed by atoms with Gasteiger partial charge in [-0.25, -0.2) is 4.39 Å². The summed E-state index contributed by atoms with van der Waals surface area (Å²) in [6, 6.07) is 7.46. The maximum atomic E-state index is 13.9. The summed E-state index contributed by atoms with van der Waals surface area (Å²) >= 11 is 5.94. The summed E-state index contributed by atoms with van der Waals surface area (Å²) in [7, 11) is 0. The molecule has 1 aromatic heterocycles. The van der Waals surface area contributed by atoms with Crippen LogP contribution in [0.25, 0.3) is 0 Å². The van der Waals surface area contributed by atoms with Gasteiger partial charge in [0.1, 0.15) is 5.82 Å². The Morgan fingerprint density at radius 2 is 1.54 bits per heavy atom. The number of hydrogen-bond donors (Lipinski definition) is 0. The maximum absolute atomic E-state index is 13.9. The zero-order valence-corrected chi connectivity index (χ0v) is 13.5. The molecule has 124 valence electrons. The quantitative estimate of drug-likeness (QED) is 0.838. The number of benzene rings is 1. The molecule has 0 saturated carbocycles. The van der Waals surface area contributed by atoms with Crippen molar-refractivity contribution in [1.82, 2.24) is 14.8 Å². The lowest BCUT2D eigenvalue weighted by Gasteiger charge is -2.35. The van der Waals surface area contributed by atoms with Gasteiger partial charge in [0.15, 0.2) is 0 Å². The molecule has 0 N–H and O–H groups in total. The lowest BCUT2D eigenvalue weighted by molar-refractivity contribution is 0.0533. The Bertz CT molecular complexity index is 741. The van der Waals surface area contributed by atoms with E-state index in [4.69, 9.17) is 11.6 Å². The van der Waals surface area contributed by atoms with Gasteiger partial charge in [-0.2, -0.15) is 0 Å². The van der Waals surface area contributed by atoms with Crippen molar-refractivity contribution < 1.29 is 14.0 Å². The largest absolute Gasteiger partial charge is 0.335 e. The minimum atomic E-state index is -0.636. The summed E-state index contributed by atoms with van der Waals surface area (Å²) in [5, 5.41) is 0.0929. The molecule has 1 aliphatic rings. The van der Waals surface area contributed by atoms with Crippen LogP contribution in [0.5, 0.6) is 0 Å². The predicted molar refractivity (Wildman–Crippen MR) is 87.5 cm³/mol. The van der Waals surface area contributed by atoms with Gasteiger partial charge >= 0.3 is 0 Å². The average molecular weight is 348 g/mol. The van der Waals surface area contributed by atoms with E-state index >= 15 is 0 Å². The van der Waals surface area contributed by atoms with E-state index in [0.29, 0.717) is 31.7 Å². The number of halogens is 2. The number of carbonyl (C=O) groups is 2. The van der Waals surface area contributed by atoms with Crippen LogP contribution in [0.1, 0.15) is 20.7 Å². The minimum absolute atomic E-state index is 0.0929. The molecule has 1 saturated heterocycles. The summed E-state index contributed by atoms with van der Waals surface area (Å²) in [6.07, 6.45) is 3.13. The molecule has 0 aliphatic carbocycles. The molecule has 0 atom stereocenters. The first-order chi connectivity index (χ1) is 11.6. The number of rotatable bonds is 2. The SMILES string of the molecule is O=C(c1ccncc1)N1CCN(C(=O)c2c(F)cccc2Cl)CC1. The van der Waals surface area contributed by atoms with Crippen LogP contribution in [0.3, 0.4) is 0 Å². The molecule has 5 nitrogen and oxygen atoms in total. The van der Waals surface area contributed by atoms with Crippen LogP contribution in [0, 0.1) is 5.82 Å². The number of pyridine rings is 1. The third-order valence-corrected chi connectivity index (χ3v) is 4.27. The van der Waals surface area contributed by atoms with Crippen LogP contribution < -0.4 is 0 Å². The van der Waals surface area contributed by atoms with Crippen molar-refractivity contribution in [2.24, 2.45) is 0 Å². The summed E-state index contributed by atoms with van der Waals surface area (Å²) in [5.74, 6) is -1.19. The van der Waals surface area contributed by atoms with Crippen LogP contribution in [0.2, 0.25) is 5.02 Å². The molecule has 24 heavy (non-hydrogen) atoms. The van der Waals surface area contributed by atoms with Crippen LogP contribution in [-0.2, 0) is 0 Å². The Balaban J connectivity index is 1.67. The molecule has 0 spiro atoms. The molecule has 1 aliphatic heterocycles. The molecular formula is C17H15ClFN3O2. The zero-order valence-electron chi connectivity index (χ0n) is 12.8. The Kier molecular flexibility index (Phi) is 4.76. The van der Waals surface area contributed by atoms with E-state index in [0.717, 1.165) is 0 Å². The maximum Gasteiger partial charge on any atom is 0.258 e. The van der Waals surface area contributed by atoms with Gasteiger partial charge in [-0.15, -0.1) is 0 Å². The first kappa shape index (κ1) is 16.4. The molecule has 0 bridgehead atoms. The number of amides is 2. The van der Waals surface area contributed by atoms with Crippen LogP contribution >= 0.6 is 11.6 Å². The molecule has 2 amide bonds. The number of aromatic nitrogens is 1. The number of piperazine rings is 1.